The van der Waals surface area contributed by atoms with Gasteiger partial charge in [-0.3, -0.25) is 0 Å². The van der Waals surface area contributed by atoms with Crippen molar-refractivity contribution in [3.8, 4) is 0 Å². The average molecular weight is 239 g/mol. The minimum absolute atomic E-state index is 0.0570. The molecule has 3 heteroatoms. The van der Waals surface area contributed by atoms with Crippen LogP contribution in [0.25, 0.3) is 0 Å². The molecule has 2 atom stereocenters. The summed E-state index contributed by atoms with van der Waals surface area (Å²) in [5.41, 5.74) is 6.16. The summed E-state index contributed by atoms with van der Waals surface area (Å²) in [7, 11) is 0. The molecule has 0 bridgehead atoms. The van der Waals surface area contributed by atoms with Gasteiger partial charge < -0.3 is 5.73 Å². The van der Waals surface area contributed by atoms with Gasteiger partial charge in [0.05, 0.1) is 0 Å². The highest BCUT2D eigenvalue weighted by Gasteiger charge is 2.52. The van der Waals surface area contributed by atoms with E-state index in [0.717, 1.165) is 12.8 Å². The SMILES string of the molecule is CCC1(CC)C(N)CC1c1c(F)cccc1F. The molecular weight excluding hydrogens is 220 g/mol. The number of nitrogens with two attached hydrogens (primary N) is 1. The molecule has 1 nitrogen and oxygen atoms in total. The maximum Gasteiger partial charge on any atom is 0.129 e. The molecule has 1 fully saturated rings. The van der Waals surface area contributed by atoms with Gasteiger partial charge in [-0.2, -0.15) is 0 Å². The van der Waals surface area contributed by atoms with Gasteiger partial charge in [-0.15, -0.1) is 0 Å². The number of rotatable bonds is 3. The molecule has 0 amide bonds. The van der Waals surface area contributed by atoms with Crippen LogP contribution in [0.5, 0.6) is 0 Å². The van der Waals surface area contributed by atoms with E-state index in [1.807, 2.05) is 13.8 Å². The monoisotopic (exact) mass is 239 g/mol. The van der Waals surface area contributed by atoms with Crippen LogP contribution in [0.15, 0.2) is 18.2 Å². The summed E-state index contributed by atoms with van der Waals surface area (Å²) >= 11 is 0. The van der Waals surface area contributed by atoms with E-state index in [-0.39, 0.29) is 22.9 Å². The zero-order valence-electron chi connectivity index (χ0n) is 10.3. The van der Waals surface area contributed by atoms with Gasteiger partial charge in [0.1, 0.15) is 11.6 Å². The Morgan fingerprint density at radius 2 is 1.76 bits per heavy atom. The molecule has 1 aliphatic rings. The molecule has 1 saturated carbocycles. The summed E-state index contributed by atoms with van der Waals surface area (Å²) in [6, 6.07) is 4.13. The summed E-state index contributed by atoms with van der Waals surface area (Å²) in [6.07, 6.45) is 2.41. The highest BCUT2D eigenvalue weighted by molar-refractivity contribution is 5.31. The van der Waals surface area contributed by atoms with Crippen LogP contribution in [0.3, 0.4) is 0 Å². The van der Waals surface area contributed by atoms with Crippen molar-refractivity contribution in [3.63, 3.8) is 0 Å². The first-order valence-electron chi connectivity index (χ1n) is 6.26. The van der Waals surface area contributed by atoms with E-state index in [0.29, 0.717) is 6.42 Å². The predicted molar refractivity (Wildman–Crippen MR) is 64.7 cm³/mol. The van der Waals surface area contributed by atoms with Gasteiger partial charge in [-0.1, -0.05) is 19.9 Å². The Morgan fingerprint density at radius 3 is 2.18 bits per heavy atom. The Kier molecular flexibility index (Phi) is 3.21. The van der Waals surface area contributed by atoms with E-state index < -0.39 is 11.6 Å². The Balaban J connectivity index is 2.42. The third kappa shape index (κ3) is 1.68. The van der Waals surface area contributed by atoms with Crippen LogP contribution >= 0.6 is 0 Å². The summed E-state index contributed by atoms with van der Waals surface area (Å²) in [5.74, 6) is -0.949. The highest BCUT2D eigenvalue weighted by Crippen LogP contribution is 2.57. The maximum absolute atomic E-state index is 13.8. The van der Waals surface area contributed by atoms with E-state index in [1.165, 1.54) is 18.2 Å². The molecule has 0 aliphatic heterocycles. The lowest BCUT2D eigenvalue weighted by Gasteiger charge is -2.54. The van der Waals surface area contributed by atoms with Gasteiger partial charge in [-0.05, 0) is 42.7 Å². The predicted octanol–water partition coefficient (Wildman–Crippen LogP) is 3.59. The molecule has 2 rings (SSSR count). The van der Waals surface area contributed by atoms with Crippen molar-refractivity contribution < 1.29 is 8.78 Å². The molecule has 0 spiro atoms. The lowest BCUT2D eigenvalue weighted by Crippen LogP contribution is -2.56. The fraction of sp³-hybridized carbons (Fsp3) is 0.571. The van der Waals surface area contributed by atoms with E-state index in [2.05, 4.69) is 0 Å². The Morgan fingerprint density at radius 1 is 1.24 bits per heavy atom. The van der Waals surface area contributed by atoms with Gasteiger partial charge in [0.2, 0.25) is 0 Å². The molecule has 2 unspecified atom stereocenters. The summed E-state index contributed by atoms with van der Waals surface area (Å²) in [6.45, 7) is 4.10. The van der Waals surface area contributed by atoms with Crippen molar-refractivity contribution in [3.05, 3.63) is 35.4 Å². The Hall–Kier alpha value is -0.960. The van der Waals surface area contributed by atoms with Crippen molar-refractivity contribution in [2.24, 2.45) is 11.1 Å². The molecule has 17 heavy (non-hydrogen) atoms. The van der Waals surface area contributed by atoms with Gasteiger partial charge in [0.25, 0.3) is 0 Å². The van der Waals surface area contributed by atoms with E-state index >= 15 is 0 Å². The lowest BCUT2D eigenvalue weighted by molar-refractivity contribution is 0.0396. The van der Waals surface area contributed by atoms with E-state index in [1.54, 1.807) is 0 Å². The van der Waals surface area contributed by atoms with Crippen LogP contribution in [0.4, 0.5) is 8.78 Å². The van der Waals surface area contributed by atoms with Crippen molar-refractivity contribution in [1.29, 1.82) is 0 Å². The van der Waals surface area contributed by atoms with Crippen LogP contribution < -0.4 is 5.73 Å². The smallest absolute Gasteiger partial charge is 0.129 e. The number of hydrogen-bond acceptors (Lipinski definition) is 1. The minimum atomic E-state index is -0.437. The molecule has 2 N–H and O–H groups in total. The summed E-state index contributed by atoms with van der Waals surface area (Å²) in [4.78, 5) is 0. The zero-order valence-corrected chi connectivity index (χ0v) is 10.3. The van der Waals surface area contributed by atoms with E-state index in [9.17, 15) is 8.78 Å². The normalized spacial score (nSPS) is 26.6. The second-order valence-electron chi connectivity index (χ2n) is 4.97. The van der Waals surface area contributed by atoms with E-state index in [4.69, 9.17) is 5.73 Å². The van der Waals surface area contributed by atoms with Gasteiger partial charge in [0.15, 0.2) is 0 Å². The molecular formula is C14H19F2N. The van der Waals surface area contributed by atoms with Gasteiger partial charge >= 0.3 is 0 Å². The maximum atomic E-state index is 13.8. The van der Waals surface area contributed by atoms with Crippen molar-refractivity contribution in [2.45, 2.75) is 45.1 Å². The average Bonchev–Trinajstić information content (AvgIpc) is 2.29. The molecule has 1 aromatic rings. The molecule has 0 radical (unpaired) electrons. The third-order valence-electron chi connectivity index (χ3n) is 4.59. The van der Waals surface area contributed by atoms with Crippen molar-refractivity contribution >= 4 is 0 Å². The first-order chi connectivity index (χ1) is 8.06. The molecule has 1 aromatic carbocycles. The van der Waals surface area contributed by atoms with Gasteiger partial charge in [0, 0.05) is 11.6 Å². The molecule has 0 heterocycles. The quantitative estimate of drug-likeness (QED) is 0.857. The Bertz CT molecular complexity index is 392. The van der Waals surface area contributed by atoms with Crippen LogP contribution in [-0.4, -0.2) is 6.04 Å². The third-order valence-corrected chi connectivity index (χ3v) is 4.59. The largest absolute Gasteiger partial charge is 0.327 e. The molecule has 0 aromatic heterocycles. The number of benzene rings is 1. The lowest BCUT2D eigenvalue weighted by atomic mass is 9.52. The van der Waals surface area contributed by atoms with Crippen molar-refractivity contribution in [2.75, 3.05) is 0 Å². The van der Waals surface area contributed by atoms with Crippen LogP contribution in [0.2, 0.25) is 0 Å². The first kappa shape index (κ1) is 12.5. The molecule has 1 aliphatic carbocycles. The number of hydrogen-bond donors (Lipinski definition) is 1. The topological polar surface area (TPSA) is 26.0 Å². The minimum Gasteiger partial charge on any atom is -0.327 e. The fourth-order valence-corrected chi connectivity index (χ4v) is 3.34. The van der Waals surface area contributed by atoms with Crippen LogP contribution in [0.1, 0.15) is 44.6 Å². The number of halogens is 2. The van der Waals surface area contributed by atoms with Gasteiger partial charge in [-0.25, -0.2) is 8.78 Å². The fourth-order valence-electron chi connectivity index (χ4n) is 3.34. The van der Waals surface area contributed by atoms with Crippen LogP contribution in [0, 0.1) is 17.0 Å². The first-order valence-corrected chi connectivity index (χ1v) is 6.26. The van der Waals surface area contributed by atoms with Crippen LogP contribution in [-0.2, 0) is 0 Å². The second kappa shape index (κ2) is 4.37. The van der Waals surface area contributed by atoms with Crippen molar-refractivity contribution in [1.82, 2.24) is 0 Å². The standard InChI is InChI=1S/C14H19F2N/c1-3-14(4-2)9(8-12(14)17)13-10(15)6-5-7-11(13)16/h5-7,9,12H,3-4,8,17H2,1-2H3. The highest BCUT2D eigenvalue weighted by atomic mass is 19.1. The molecule has 0 saturated heterocycles. The summed E-state index contributed by atoms with van der Waals surface area (Å²) in [5, 5.41) is 0. The zero-order chi connectivity index (χ0) is 12.6. The second-order valence-corrected chi connectivity index (χ2v) is 4.97. The Labute approximate surface area is 101 Å². The molecule has 94 valence electrons. The summed E-state index contributed by atoms with van der Waals surface area (Å²) < 4.78 is 27.6.